The average molecular weight is 539 g/mol. The number of hydrogen-bond donors (Lipinski definition) is 0. The van der Waals surface area contributed by atoms with Crippen LogP contribution >= 0.6 is 15.8 Å². The van der Waals surface area contributed by atoms with Crippen molar-refractivity contribution in [2.45, 2.75) is 24.6 Å². The van der Waals surface area contributed by atoms with Gasteiger partial charge in [-0.1, -0.05) is 0 Å². The number of benzene rings is 3. The molecule has 0 saturated carbocycles. The van der Waals surface area contributed by atoms with Crippen LogP contribution in [0.2, 0.25) is 5.02 Å². The van der Waals surface area contributed by atoms with E-state index >= 15 is 0 Å². The van der Waals surface area contributed by atoms with E-state index in [0.29, 0.717) is 19.3 Å². The SMILES string of the molecule is CC([Se]P(=[Se])(CCc1ccccc1)CCc1ccccc1)c1ccc(Cl)cc1. The van der Waals surface area contributed by atoms with E-state index in [0.717, 1.165) is 5.02 Å². The molecule has 0 aliphatic carbocycles. The standard InChI is InChI=1S/C24H26ClPSe2/c1-20(23-12-14-24(25)15-13-23)28-26(27,18-16-21-8-4-2-5-9-21)19-17-22-10-6-3-7-11-22/h2-15,20H,16-19H2,1H3. The molecule has 0 N–H and O–H groups in total. The van der Waals surface area contributed by atoms with Crippen molar-refractivity contribution in [1.29, 1.82) is 0 Å². The molecule has 3 aromatic carbocycles. The molecule has 146 valence electrons. The molecule has 0 aliphatic rings. The molecule has 0 aliphatic heterocycles. The predicted molar refractivity (Wildman–Crippen MR) is 128 cm³/mol. The fourth-order valence-corrected chi connectivity index (χ4v) is 18.2. The third-order valence-corrected chi connectivity index (χ3v) is 20.0. The Morgan fingerprint density at radius 1 is 0.786 bits per heavy atom. The summed E-state index contributed by atoms with van der Waals surface area (Å²) in [7, 11) is 0. The molecular formula is C24H26ClPSe2. The fourth-order valence-electron chi connectivity index (χ4n) is 3.19. The third-order valence-electron chi connectivity index (χ3n) is 4.86. The first-order valence-electron chi connectivity index (χ1n) is 9.64. The third kappa shape index (κ3) is 7.03. The zero-order valence-corrected chi connectivity index (χ0v) is 21.2. The van der Waals surface area contributed by atoms with Crippen LogP contribution in [0.3, 0.4) is 0 Å². The first kappa shape index (κ1) is 22.1. The Hall–Kier alpha value is -0.581. The molecule has 3 rings (SSSR count). The second-order valence-corrected chi connectivity index (χ2v) is 25.3. The van der Waals surface area contributed by atoms with Crippen LogP contribution in [0.1, 0.15) is 28.4 Å². The van der Waals surface area contributed by atoms with Crippen LogP contribution in [-0.2, 0) is 12.8 Å². The molecule has 4 heteroatoms. The summed E-state index contributed by atoms with van der Waals surface area (Å²) in [5.74, 6) is 0. The normalized spacial score (nSPS) is 12.6. The second-order valence-electron chi connectivity index (χ2n) is 7.03. The van der Waals surface area contributed by atoms with Crippen LogP contribution in [0.25, 0.3) is 0 Å². The molecule has 0 radical (unpaired) electrons. The summed E-state index contributed by atoms with van der Waals surface area (Å²) < 4.78 is -1.13. The first-order chi connectivity index (χ1) is 13.5. The summed E-state index contributed by atoms with van der Waals surface area (Å²) in [5, 5.41) is 0.820. The predicted octanol–water partition coefficient (Wildman–Crippen LogP) is 6.61. The number of halogens is 1. The van der Waals surface area contributed by atoms with E-state index in [4.69, 9.17) is 11.6 Å². The fraction of sp³-hybridized carbons (Fsp3) is 0.250. The Balaban J connectivity index is 1.72. The summed E-state index contributed by atoms with van der Waals surface area (Å²) in [6, 6.07) is 30.3. The monoisotopic (exact) mass is 540 g/mol. The number of rotatable bonds is 9. The summed E-state index contributed by atoms with van der Waals surface area (Å²) >= 11 is 10.4. The summed E-state index contributed by atoms with van der Waals surface area (Å²) in [6.07, 6.45) is 4.93. The van der Waals surface area contributed by atoms with Crippen LogP contribution in [0.15, 0.2) is 84.9 Å². The number of aryl methyl sites for hydroxylation is 2. The van der Waals surface area contributed by atoms with Gasteiger partial charge in [-0.25, -0.2) is 0 Å². The molecule has 28 heavy (non-hydrogen) atoms. The molecule has 1 atom stereocenters. The van der Waals surface area contributed by atoms with E-state index in [1.807, 2.05) is 12.1 Å². The van der Waals surface area contributed by atoms with Gasteiger partial charge in [-0.15, -0.1) is 0 Å². The van der Waals surface area contributed by atoms with Crippen LogP contribution < -0.4 is 0 Å². The minimum absolute atomic E-state index is 0.560. The zero-order chi connectivity index (χ0) is 19.8. The molecule has 0 aromatic heterocycles. The van der Waals surface area contributed by atoms with E-state index in [9.17, 15) is 0 Å². The van der Waals surface area contributed by atoms with Gasteiger partial charge in [-0.05, 0) is 0 Å². The molecule has 0 heterocycles. The average Bonchev–Trinajstić information content (AvgIpc) is 2.73. The Labute approximate surface area is 188 Å². The van der Waals surface area contributed by atoms with Crippen molar-refractivity contribution in [3.8, 4) is 0 Å². The van der Waals surface area contributed by atoms with Gasteiger partial charge in [-0.2, -0.15) is 0 Å². The van der Waals surface area contributed by atoms with Gasteiger partial charge in [0.1, 0.15) is 0 Å². The molecule has 0 nitrogen and oxygen atoms in total. The molecule has 0 amide bonds. The first-order valence-corrected chi connectivity index (χ1v) is 17.6. The van der Waals surface area contributed by atoms with E-state index in [1.54, 1.807) is 0 Å². The van der Waals surface area contributed by atoms with Crippen molar-refractivity contribution in [3.63, 3.8) is 0 Å². The van der Waals surface area contributed by atoms with Crippen LogP contribution in [-0.4, -0.2) is 41.9 Å². The summed E-state index contributed by atoms with van der Waals surface area (Å²) in [6.45, 7) is 2.39. The molecule has 0 saturated heterocycles. The van der Waals surface area contributed by atoms with Gasteiger partial charge in [0.15, 0.2) is 0 Å². The van der Waals surface area contributed by atoms with Crippen molar-refractivity contribution in [2.75, 3.05) is 12.3 Å². The molecule has 3 aromatic rings. The minimum atomic E-state index is -1.13. The van der Waals surface area contributed by atoms with Crippen LogP contribution in [0.5, 0.6) is 0 Å². The van der Waals surface area contributed by atoms with Crippen LogP contribution in [0.4, 0.5) is 0 Å². The topological polar surface area (TPSA) is 0 Å². The van der Waals surface area contributed by atoms with Gasteiger partial charge < -0.3 is 0 Å². The summed E-state index contributed by atoms with van der Waals surface area (Å²) in [5.41, 5.74) is 4.33. The molecule has 0 spiro atoms. The van der Waals surface area contributed by atoms with Gasteiger partial charge in [0, 0.05) is 0 Å². The van der Waals surface area contributed by atoms with E-state index in [2.05, 4.69) is 94.8 Å². The van der Waals surface area contributed by atoms with Gasteiger partial charge >= 0.3 is 189 Å². The Bertz CT molecular complexity index is 847. The quantitative estimate of drug-likeness (QED) is 0.213. The summed E-state index contributed by atoms with van der Waals surface area (Å²) in [4.78, 5) is 0.603. The maximum absolute atomic E-state index is 6.09. The van der Waals surface area contributed by atoms with E-state index < -0.39 is 4.20 Å². The van der Waals surface area contributed by atoms with Crippen molar-refractivity contribution >= 4 is 45.4 Å². The Kier molecular flexibility index (Phi) is 8.68. The maximum atomic E-state index is 6.09. The molecule has 0 bridgehead atoms. The van der Waals surface area contributed by atoms with Gasteiger partial charge in [0.2, 0.25) is 0 Å². The van der Waals surface area contributed by atoms with Gasteiger partial charge in [0.25, 0.3) is 0 Å². The Morgan fingerprint density at radius 3 is 1.71 bits per heavy atom. The van der Waals surface area contributed by atoms with Crippen molar-refractivity contribution in [2.24, 2.45) is 0 Å². The number of hydrogen-bond acceptors (Lipinski definition) is 0. The van der Waals surface area contributed by atoms with E-state index in [-0.39, 0.29) is 0 Å². The second kappa shape index (κ2) is 11.0. The van der Waals surface area contributed by atoms with Crippen molar-refractivity contribution in [1.82, 2.24) is 0 Å². The molecule has 1 unspecified atom stereocenters. The molecule has 0 fully saturated rings. The van der Waals surface area contributed by atoms with Crippen molar-refractivity contribution in [3.05, 3.63) is 107 Å². The van der Waals surface area contributed by atoms with Gasteiger partial charge in [-0.3, -0.25) is 0 Å². The molecular weight excluding hydrogens is 513 g/mol. The van der Waals surface area contributed by atoms with Crippen LogP contribution in [0, 0.1) is 0 Å². The van der Waals surface area contributed by atoms with E-state index in [1.165, 1.54) is 41.9 Å². The Morgan fingerprint density at radius 2 is 1.25 bits per heavy atom. The van der Waals surface area contributed by atoms with Gasteiger partial charge in [0.05, 0.1) is 0 Å². The zero-order valence-electron chi connectivity index (χ0n) is 16.1. The van der Waals surface area contributed by atoms with Crippen molar-refractivity contribution < 1.29 is 0 Å².